The maximum Gasteiger partial charge on any atom is 0.339 e. The van der Waals surface area contributed by atoms with Crippen molar-refractivity contribution in [2.75, 3.05) is 6.61 Å². The van der Waals surface area contributed by atoms with Crippen molar-refractivity contribution >= 4 is 22.7 Å². The van der Waals surface area contributed by atoms with Crippen molar-refractivity contribution < 1.29 is 14.3 Å². The van der Waals surface area contributed by atoms with E-state index in [2.05, 4.69) is 4.98 Å². The number of nitrogens with one attached hydrogen (secondary N) is 1. The van der Waals surface area contributed by atoms with E-state index in [4.69, 9.17) is 4.74 Å². The van der Waals surface area contributed by atoms with E-state index < -0.39 is 5.97 Å². The largest absolute Gasteiger partial charge is 0.462 e. The lowest BCUT2D eigenvalue weighted by atomic mass is 9.93. The summed E-state index contributed by atoms with van der Waals surface area (Å²) in [5.41, 5.74) is 3.35. The zero-order valence-corrected chi connectivity index (χ0v) is 20.4. The maximum atomic E-state index is 13.9. The van der Waals surface area contributed by atoms with Gasteiger partial charge in [-0.3, -0.25) is 9.59 Å². The molecule has 3 aromatic carbocycles. The number of ketones is 1. The van der Waals surface area contributed by atoms with Crippen LogP contribution in [0, 0.1) is 0 Å². The minimum absolute atomic E-state index is 0.0251. The Bertz CT molecular complexity index is 1630. The third-order valence-corrected chi connectivity index (χ3v) is 6.40. The Morgan fingerprint density at radius 1 is 0.892 bits per heavy atom. The van der Waals surface area contributed by atoms with Gasteiger partial charge < -0.3 is 14.3 Å². The van der Waals surface area contributed by atoms with E-state index in [9.17, 15) is 14.4 Å². The number of nitrogens with zero attached hydrogens (tertiary/aromatic N) is 1. The van der Waals surface area contributed by atoms with E-state index in [0.717, 1.165) is 16.5 Å². The van der Waals surface area contributed by atoms with Gasteiger partial charge in [-0.1, -0.05) is 78.9 Å². The molecule has 0 atom stereocenters. The first kappa shape index (κ1) is 24.0. The summed E-state index contributed by atoms with van der Waals surface area (Å²) in [6, 6.07) is 27.2. The molecule has 5 rings (SSSR count). The van der Waals surface area contributed by atoms with Crippen molar-refractivity contribution in [3.05, 3.63) is 130 Å². The SMILES string of the molecule is CCOC(=O)c1cc(=O)n(CCc2c[nH]c3ccccc23)c(-c2ccccc2)c1C(=O)c1ccccc1. The summed E-state index contributed by atoms with van der Waals surface area (Å²) in [6.07, 6.45) is 2.50. The van der Waals surface area contributed by atoms with Gasteiger partial charge >= 0.3 is 5.97 Å². The van der Waals surface area contributed by atoms with E-state index in [1.54, 1.807) is 35.8 Å². The number of esters is 1. The molecule has 0 spiro atoms. The van der Waals surface area contributed by atoms with Gasteiger partial charge in [-0.2, -0.15) is 0 Å². The normalized spacial score (nSPS) is 10.9. The zero-order chi connectivity index (χ0) is 25.8. The minimum Gasteiger partial charge on any atom is -0.462 e. The third-order valence-electron chi connectivity index (χ3n) is 6.40. The molecule has 0 aliphatic rings. The Kier molecular flexibility index (Phi) is 6.81. The number of hydrogen-bond acceptors (Lipinski definition) is 4. The molecular formula is C31H26N2O4. The lowest BCUT2D eigenvalue weighted by molar-refractivity contribution is 0.0523. The fourth-order valence-corrected chi connectivity index (χ4v) is 4.67. The number of ether oxygens (including phenoxy) is 1. The Hall–Kier alpha value is -4.71. The molecule has 0 saturated heterocycles. The second-order valence-electron chi connectivity index (χ2n) is 8.66. The van der Waals surface area contributed by atoms with Crippen LogP contribution in [0.1, 0.15) is 38.8 Å². The van der Waals surface area contributed by atoms with Crippen LogP contribution in [0.2, 0.25) is 0 Å². The van der Waals surface area contributed by atoms with E-state index in [-0.39, 0.29) is 29.1 Å². The molecule has 6 nitrogen and oxygen atoms in total. The van der Waals surface area contributed by atoms with Gasteiger partial charge in [-0.15, -0.1) is 0 Å². The van der Waals surface area contributed by atoms with Crippen molar-refractivity contribution in [1.82, 2.24) is 9.55 Å². The Morgan fingerprint density at radius 3 is 2.30 bits per heavy atom. The topological polar surface area (TPSA) is 81.2 Å². The van der Waals surface area contributed by atoms with Crippen molar-refractivity contribution in [1.29, 1.82) is 0 Å². The zero-order valence-electron chi connectivity index (χ0n) is 20.4. The number of rotatable bonds is 8. The minimum atomic E-state index is -0.695. The van der Waals surface area contributed by atoms with E-state index >= 15 is 0 Å². The quantitative estimate of drug-likeness (QED) is 0.225. The maximum absolute atomic E-state index is 13.9. The van der Waals surface area contributed by atoms with Crippen LogP contribution >= 0.6 is 0 Å². The number of aromatic amines is 1. The van der Waals surface area contributed by atoms with Gasteiger partial charge in [0.25, 0.3) is 5.56 Å². The predicted molar refractivity (Wildman–Crippen MR) is 144 cm³/mol. The molecule has 0 aliphatic heterocycles. The van der Waals surface area contributed by atoms with Crippen LogP contribution in [0.15, 0.2) is 102 Å². The molecule has 5 aromatic rings. The molecule has 0 unspecified atom stereocenters. The van der Waals surface area contributed by atoms with Gasteiger partial charge in [-0.05, 0) is 30.5 Å². The Labute approximate surface area is 214 Å². The predicted octanol–water partition coefficient (Wildman–Crippen LogP) is 5.65. The van der Waals surface area contributed by atoms with Crippen LogP contribution < -0.4 is 5.56 Å². The molecular weight excluding hydrogens is 464 g/mol. The molecule has 0 bridgehead atoms. The van der Waals surface area contributed by atoms with Gasteiger partial charge in [0.1, 0.15) is 0 Å². The lowest BCUT2D eigenvalue weighted by Gasteiger charge is -2.20. The summed E-state index contributed by atoms with van der Waals surface area (Å²) >= 11 is 0. The van der Waals surface area contributed by atoms with E-state index in [1.807, 2.05) is 66.9 Å². The summed E-state index contributed by atoms with van der Waals surface area (Å²) < 4.78 is 6.86. The van der Waals surface area contributed by atoms with Crippen molar-refractivity contribution in [2.24, 2.45) is 0 Å². The van der Waals surface area contributed by atoms with Gasteiger partial charge in [0.15, 0.2) is 5.78 Å². The molecule has 2 heterocycles. The number of pyridine rings is 1. The molecule has 0 amide bonds. The van der Waals surface area contributed by atoms with Crippen LogP contribution in [-0.2, 0) is 17.7 Å². The number of carbonyl (C=O) groups is 2. The van der Waals surface area contributed by atoms with Crippen molar-refractivity contribution in [3.63, 3.8) is 0 Å². The van der Waals surface area contributed by atoms with Crippen molar-refractivity contribution in [2.45, 2.75) is 19.9 Å². The standard InChI is InChI=1S/C31H26N2O4/c1-2-37-31(36)25-19-27(34)33(18-17-23-20-32-26-16-10-9-15-24(23)26)29(21-11-5-3-6-12-21)28(25)30(35)22-13-7-4-8-14-22/h3-16,19-20,32H,2,17-18H2,1H3. The van der Waals surface area contributed by atoms with Crippen LogP contribution in [0.4, 0.5) is 0 Å². The van der Waals surface area contributed by atoms with Gasteiger partial charge in [0, 0.05) is 35.3 Å². The first-order valence-corrected chi connectivity index (χ1v) is 12.2. The van der Waals surface area contributed by atoms with Crippen LogP contribution in [-0.4, -0.2) is 27.9 Å². The number of benzene rings is 3. The lowest BCUT2D eigenvalue weighted by Crippen LogP contribution is -2.28. The second kappa shape index (κ2) is 10.5. The summed E-state index contributed by atoms with van der Waals surface area (Å²) in [5, 5.41) is 1.08. The fourth-order valence-electron chi connectivity index (χ4n) is 4.67. The van der Waals surface area contributed by atoms with E-state index in [0.29, 0.717) is 29.8 Å². The fraction of sp³-hybridized carbons (Fsp3) is 0.129. The number of H-pyrrole nitrogens is 1. The summed E-state index contributed by atoms with van der Waals surface area (Å²) in [4.78, 5) is 43.7. The van der Waals surface area contributed by atoms with E-state index in [1.165, 1.54) is 6.07 Å². The Morgan fingerprint density at radius 2 is 1.57 bits per heavy atom. The summed E-state index contributed by atoms with van der Waals surface area (Å²) in [7, 11) is 0. The highest BCUT2D eigenvalue weighted by Gasteiger charge is 2.27. The Balaban J connectivity index is 1.72. The number of fused-ring (bicyclic) bond motifs is 1. The van der Waals surface area contributed by atoms with Crippen LogP contribution in [0.3, 0.4) is 0 Å². The number of aryl methyl sites for hydroxylation is 1. The molecule has 1 N–H and O–H groups in total. The van der Waals surface area contributed by atoms with Gasteiger partial charge in [0.05, 0.1) is 23.4 Å². The molecule has 0 saturated carbocycles. The smallest absolute Gasteiger partial charge is 0.339 e. The van der Waals surface area contributed by atoms with Crippen LogP contribution in [0.25, 0.3) is 22.2 Å². The monoisotopic (exact) mass is 490 g/mol. The number of hydrogen-bond donors (Lipinski definition) is 1. The molecule has 37 heavy (non-hydrogen) atoms. The molecule has 0 fully saturated rings. The van der Waals surface area contributed by atoms with Gasteiger partial charge in [-0.25, -0.2) is 4.79 Å². The third kappa shape index (κ3) is 4.74. The summed E-state index contributed by atoms with van der Waals surface area (Å²) in [5.74, 6) is -1.04. The van der Waals surface area contributed by atoms with Crippen molar-refractivity contribution in [3.8, 4) is 11.3 Å². The first-order chi connectivity index (χ1) is 18.1. The van der Waals surface area contributed by atoms with Gasteiger partial charge in [0.2, 0.25) is 0 Å². The number of para-hydroxylation sites is 1. The highest BCUT2D eigenvalue weighted by Crippen LogP contribution is 2.29. The highest BCUT2D eigenvalue weighted by atomic mass is 16.5. The molecule has 184 valence electrons. The van der Waals surface area contributed by atoms with Crippen LogP contribution in [0.5, 0.6) is 0 Å². The highest BCUT2D eigenvalue weighted by molar-refractivity contribution is 6.17. The second-order valence-corrected chi connectivity index (χ2v) is 8.66. The first-order valence-electron chi connectivity index (χ1n) is 12.2. The molecule has 0 radical (unpaired) electrons. The molecule has 0 aliphatic carbocycles. The number of carbonyl (C=O) groups excluding carboxylic acids is 2. The number of aromatic nitrogens is 2. The summed E-state index contributed by atoms with van der Waals surface area (Å²) in [6.45, 7) is 2.14. The average molecular weight is 491 g/mol. The molecule has 2 aromatic heterocycles. The molecule has 6 heteroatoms. The average Bonchev–Trinajstić information content (AvgIpc) is 3.35.